The van der Waals surface area contributed by atoms with E-state index < -0.39 is 0 Å². The largest absolute Gasteiger partial charge is 0.488 e. The molecule has 0 saturated heterocycles. The van der Waals surface area contributed by atoms with Crippen molar-refractivity contribution in [2.24, 2.45) is 5.73 Å². The summed E-state index contributed by atoms with van der Waals surface area (Å²) < 4.78 is 5.75. The first kappa shape index (κ1) is 13.7. The smallest absolute Gasteiger partial charge is 0.122 e. The Balaban J connectivity index is 1.92. The van der Waals surface area contributed by atoms with Gasteiger partial charge in [-0.25, -0.2) is 0 Å². The monoisotopic (exact) mass is 271 g/mol. The van der Waals surface area contributed by atoms with E-state index in [1.807, 2.05) is 23.6 Å². The maximum absolute atomic E-state index is 5.75. The molecule has 0 bridgehead atoms. The van der Waals surface area contributed by atoms with Crippen molar-refractivity contribution in [2.75, 3.05) is 6.54 Å². The molecule has 0 saturated carbocycles. The molecule has 0 unspecified atom stereocenters. The van der Waals surface area contributed by atoms with Gasteiger partial charge < -0.3 is 10.5 Å². The third kappa shape index (κ3) is 4.13. The first-order valence-corrected chi connectivity index (χ1v) is 7.18. The molecule has 1 heterocycles. The highest BCUT2D eigenvalue weighted by Gasteiger charge is 2.00. The molecule has 0 aliphatic heterocycles. The van der Waals surface area contributed by atoms with Crippen molar-refractivity contribution in [3.05, 3.63) is 51.7 Å². The minimum Gasteiger partial charge on any atom is -0.488 e. The molecule has 0 fully saturated rings. The van der Waals surface area contributed by atoms with Gasteiger partial charge in [0, 0.05) is 15.8 Å². The Morgan fingerprint density at radius 1 is 1.26 bits per heavy atom. The predicted octanol–water partition coefficient (Wildman–Crippen LogP) is 3.20. The zero-order valence-corrected chi connectivity index (χ0v) is 11.8. The summed E-state index contributed by atoms with van der Waals surface area (Å²) in [5, 5.41) is 2.03. The van der Waals surface area contributed by atoms with Crippen molar-refractivity contribution in [1.82, 2.24) is 0 Å². The van der Waals surface area contributed by atoms with Crippen molar-refractivity contribution in [3.8, 4) is 17.6 Å². The zero-order valence-electron chi connectivity index (χ0n) is 11.0. The highest BCUT2D eigenvalue weighted by molar-refractivity contribution is 7.10. The van der Waals surface area contributed by atoms with Crippen molar-refractivity contribution >= 4 is 11.3 Å². The normalized spacial score (nSPS) is 9.79. The predicted molar refractivity (Wildman–Crippen MR) is 80.4 cm³/mol. The molecular formula is C16H17NOS. The SMILES string of the molecule is CCc1ccc(OCc2cc(C#CCN)cs2)cc1. The maximum Gasteiger partial charge on any atom is 0.122 e. The standard InChI is InChI=1S/C16H17NOS/c1-2-13-5-7-15(8-6-13)18-11-16-10-14(12-19-16)4-3-9-17/h5-8,10,12H,2,9,11,17H2,1H3. The van der Waals surface area contributed by atoms with Gasteiger partial charge in [0.25, 0.3) is 0 Å². The lowest BCUT2D eigenvalue weighted by atomic mass is 10.2. The molecule has 98 valence electrons. The van der Waals surface area contributed by atoms with Crippen molar-refractivity contribution in [1.29, 1.82) is 0 Å². The van der Waals surface area contributed by atoms with Gasteiger partial charge in [0.05, 0.1) is 6.54 Å². The van der Waals surface area contributed by atoms with Crippen LogP contribution in [0, 0.1) is 11.8 Å². The number of ether oxygens (including phenoxy) is 1. The molecule has 19 heavy (non-hydrogen) atoms. The van der Waals surface area contributed by atoms with Crippen LogP contribution < -0.4 is 10.5 Å². The highest BCUT2D eigenvalue weighted by atomic mass is 32.1. The fourth-order valence-electron chi connectivity index (χ4n) is 1.65. The second-order valence-corrected chi connectivity index (χ2v) is 5.09. The number of benzene rings is 1. The molecule has 0 atom stereocenters. The number of hydrogen-bond acceptors (Lipinski definition) is 3. The molecule has 3 heteroatoms. The summed E-state index contributed by atoms with van der Waals surface area (Å²) in [5.74, 6) is 6.77. The second-order valence-electron chi connectivity index (χ2n) is 4.09. The Kier molecular flexibility index (Phi) is 5.02. The summed E-state index contributed by atoms with van der Waals surface area (Å²) in [7, 11) is 0. The average molecular weight is 271 g/mol. The number of nitrogens with two attached hydrogens (primary N) is 1. The number of thiophene rings is 1. The van der Waals surface area contributed by atoms with Crippen LogP contribution in [0.25, 0.3) is 0 Å². The minimum atomic E-state index is 0.394. The summed E-state index contributed by atoms with van der Waals surface area (Å²) >= 11 is 1.66. The van der Waals surface area contributed by atoms with Crippen molar-refractivity contribution in [2.45, 2.75) is 20.0 Å². The molecule has 2 N–H and O–H groups in total. The van der Waals surface area contributed by atoms with Gasteiger partial charge in [-0.2, -0.15) is 0 Å². The van der Waals surface area contributed by atoms with Crippen molar-refractivity contribution in [3.63, 3.8) is 0 Å². The van der Waals surface area contributed by atoms with E-state index in [1.54, 1.807) is 11.3 Å². The molecule has 2 aromatic rings. The number of hydrogen-bond donors (Lipinski definition) is 1. The van der Waals surface area contributed by atoms with Crippen LogP contribution in [0.4, 0.5) is 0 Å². The van der Waals surface area contributed by atoms with Crippen LogP contribution in [0.2, 0.25) is 0 Å². The summed E-state index contributed by atoms with van der Waals surface area (Å²) in [6, 6.07) is 10.3. The van der Waals surface area contributed by atoms with Gasteiger partial charge in [0.2, 0.25) is 0 Å². The Bertz CT molecular complexity index is 575. The van der Waals surface area contributed by atoms with Gasteiger partial charge >= 0.3 is 0 Å². The van der Waals surface area contributed by atoms with Gasteiger partial charge in [-0.15, -0.1) is 11.3 Å². The molecule has 0 aliphatic carbocycles. The molecule has 1 aromatic carbocycles. The molecular weight excluding hydrogens is 254 g/mol. The van der Waals surface area contributed by atoms with E-state index in [2.05, 4.69) is 30.9 Å². The maximum atomic E-state index is 5.75. The lowest BCUT2D eigenvalue weighted by Gasteiger charge is -2.05. The zero-order chi connectivity index (χ0) is 13.5. The Morgan fingerprint density at radius 2 is 2.05 bits per heavy atom. The first-order valence-electron chi connectivity index (χ1n) is 6.30. The number of aryl methyl sites for hydroxylation is 1. The highest BCUT2D eigenvalue weighted by Crippen LogP contribution is 2.18. The van der Waals surface area contributed by atoms with Crippen LogP contribution in [-0.2, 0) is 13.0 Å². The van der Waals surface area contributed by atoms with Crippen LogP contribution in [0.3, 0.4) is 0 Å². The summed E-state index contributed by atoms with van der Waals surface area (Å²) in [6.07, 6.45) is 1.05. The molecule has 1 aromatic heterocycles. The summed E-state index contributed by atoms with van der Waals surface area (Å²) in [4.78, 5) is 1.17. The van der Waals surface area contributed by atoms with E-state index in [1.165, 1.54) is 10.4 Å². The number of rotatable bonds is 4. The van der Waals surface area contributed by atoms with Gasteiger partial charge in [0.15, 0.2) is 0 Å². The Labute approximate surface area is 118 Å². The summed E-state index contributed by atoms with van der Waals surface area (Å²) in [6.45, 7) is 3.12. The van der Waals surface area contributed by atoms with Crippen LogP contribution in [0.5, 0.6) is 5.75 Å². The van der Waals surface area contributed by atoms with Gasteiger partial charge in [-0.05, 0) is 30.2 Å². The van der Waals surface area contributed by atoms with Crippen LogP contribution in [0.1, 0.15) is 22.9 Å². The molecule has 0 spiro atoms. The topological polar surface area (TPSA) is 35.2 Å². The minimum absolute atomic E-state index is 0.394. The third-order valence-corrected chi connectivity index (χ3v) is 3.61. The van der Waals surface area contributed by atoms with Crippen LogP contribution in [-0.4, -0.2) is 6.54 Å². The molecule has 0 aliphatic rings. The van der Waals surface area contributed by atoms with Crippen LogP contribution >= 0.6 is 11.3 Å². The van der Waals surface area contributed by atoms with E-state index in [0.717, 1.165) is 17.7 Å². The quantitative estimate of drug-likeness (QED) is 0.867. The van der Waals surface area contributed by atoms with Crippen molar-refractivity contribution < 1.29 is 4.74 Å². The summed E-state index contributed by atoms with van der Waals surface area (Å²) in [5.41, 5.74) is 7.68. The van der Waals surface area contributed by atoms with Gasteiger partial charge in [0.1, 0.15) is 12.4 Å². The first-order chi connectivity index (χ1) is 9.31. The van der Waals surface area contributed by atoms with E-state index >= 15 is 0 Å². The molecule has 0 amide bonds. The Hall–Kier alpha value is -1.76. The lowest BCUT2D eigenvalue weighted by molar-refractivity contribution is 0.309. The van der Waals surface area contributed by atoms with Crippen LogP contribution in [0.15, 0.2) is 35.7 Å². The van der Waals surface area contributed by atoms with E-state index in [0.29, 0.717) is 13.2 Å². The van der Waals surface area contributed by atoms with Gasteiger partial charge in [-0.3, -0.25) is 0 Å². The lowest BCUT2D eigenvalue weighted by Crippen LogP contribution is -1.93. The Morgan fingerprint density at radius 3 is 2.74 bits per heavy atom. The molecule has 2 rings (SSSR count). The van der Waals surface area contributed by atoms with Gasteiger partial charge in [-0.1, -0.05) is 30.9 Å². The fourth-order valence-corrected chi connectivity index (χ4v) is 2.38. The second kappa shape index (κ2) is 6.98. The average Bonchev–Trinajstić information content (AvgIpc) is 2.91. The van der Waals surface area contributed by atoms with E-state index in [-0.39, 0.29) is 0 Å². The molecule has 0 radical (unpaired) electrons. The molecule has 2 nitrogen and oxygen atoms in total. The van der Waals surface area contributed by atoms with E-state index in [4.69, 9.17) is 10.5 Å². The fraction of sp³-hybridized carbons (Fsp3) is 0.250. The van der Waals surface area contributed by atoms with E-state index in [9.17, 15) is 0 Å². The third-order valence-electron chi connectivity index (χ3n) is 2.70.